The van der Waals surface area contributed by atoms with E-state index in [1.54, 1.807) is 0 Å². The van der Waals surface area contributed by atoms with Crippen molar-refractivity contribution in [2.24, 2.45) is 23.7 Å². The van der Waals surface area contributed by atoms with Gasteiger partial charge in [0.1, 0.15) is 11.7 Å². The summed E-state index contributed by atoms with van der Waals surface area (Å²) in [6.07, 6.45) is 3.49. The Kier molecular flexibility index (Phi) is 2.60. The van der Waals surface area contributed by atoms with Gasteiger partial charge in [-0.05, 0) is 31.6 Å². The van der Waals surface area contributed by atoms with Gasteiger partial charge in [-0.25, -0.2) is 0 Å². The minimum Gasteiger partial charge on any atom is -0.459 e. The van der Waals surface area contributed by atoms with Crippen LogP contribution in [0.3, 0.4) is 0 Å². The number of carbonyl (C=O) groups excluding carboxylic acids is 1. The van der Waals surface area contributed by atoms with E-state index in [0.29, 0.717) is 0 Å². The molecule has 6 atom stereocenters. The molecule has 0 unspecified atom stereocenters. The molecule has 1 heterocycles. The zero-order valence-corrected chi connectivity index (χ0v) is 11.2. The molecular formula is C15H22O3. The first-order valence-electron chi connectivity index (χ1n) is 7.06. The molecule has 0 radical (unpaired) electrons. The summed E-state index contributed by atoms with van der Waals surface area (Å²) in [6, 6.07) is 0. The first-order valence-corrected chi connectivity index (χ1v) is 7.06. The van der Waals surface area contributed by atoms with Crippen LogP contribution >= 0.6 is 0 Å². The van der Waals surface area contributed by atoms with Crippen LogP contribution in [0.15, 0.2) is 12.2 Å². The van der Waals surface area contributed by atoms with Crippen molar-refractivity contribution in [2.45, 2.75) is 51.2 Å². The Balaban J connectivity index is 2.04. The van der Waals surface area contributed by atoms with Gasteiger partial charge in [-0.3, -0.25) is 4.79 Å². The molecule has 18 heavy (non-hydrogen) atoms. The van der Waals surface area contributed by atoms with E-state index < -0.39 is 5.60 Å². The van der Waals surface area contributed by atoms with Gasteiger partial charge in [0.15, 0.2) is 0 Å². The van der Waals surface area contributed by atoms with Gasteiger partial charge in [0, 0.05) is 11.8 Å². The summed E-state index contributed by atoms with van der Waals surface area (Å²) in [5.74, 6) is 0.232. The summed E-state index contributed by atoms with van der Waals surface area (Å²) < 4.78 is 5.56. The van der Waals surface area contributed by atoms with Gasteiger partial charge in [0.25, 0.3) is 0 Å². The molecule has 2 saturated carbocycles. The van der Waals surface area contributed by atoms with Crippen molar-refractivity contribution in [3.8, 4) is 0 Å². The van der Waals surface area contributed by atoms with E-state index in [-0.39, 0.29) is 35.7 Å². The Morgan fingerprint density at radius 1 is 1.33 bits per heavy atom. The topological polar surface area (TPSA) is 46.5 Å². The maximum Gasteiger partial charge on any atom is 0.309 e. The van der Waals surface area contributed by atoms with Gasteiger partial charge in [-0.1, -0.05) is 26.0 Å². The third kappa shape index (κ3) is 1.37. The third-order valence-electron chi connectivity index (χ3n) is 5.63. The molecule has 1 saturated heterocycles. The molecule has 0 aromatic carbocycles. The quantitative estimate of drug-likeness (QED) is 0.530. The van der Waals surface area contributed by atoms with Crippen LogP contribution in [0.1, 0.15) is 39.5 Å². The van der Waals surface area contributed by atoms with Gasteiger partial charge in [-0.15, -0.1) is 0 Å². The zero-order valence-electron chi connectivity index (χ0n) is 11.2. The molecule has 2 aliphatic carbocycles. The third-order valence-corrected chi connectivity index (χ3v) is 5.63. The molecule has 1 N–H and O–H groups in total. The zero-order chi connectivity index (χ0) is 13.1. The standard InChI is InChI=1S/C15H22O3/c1-8-4-6-11-10(3)14(16)18-13(11)15(17)9(2)5-7-12(8)15/h9-13,17H,1,4-7H2,2-3H3/t9-,10+,11+,12-,13+,15-/m1/s1. The summed E-state index contributed by atoms with van der Waals surface area (Å²) in [7, 11) is 0. The Hall–Kier alpha value is -0.830. The van der Waals surface area contributed by atoms with Crippen molar-refractivity contribution in [1.29, 1.82) is 0 Å². The van der Waals surface area contributed by atoms with E-state index in [1.165, 1.54) is 0 Å². The molecule has 3 rings (SSSR count). The summed E-state index contributed by atoms with van der Waals surface area (Å²) in [5.41, 5.74) is 0.276. The van der Waals surface area contributed by atoms with Gasteiger partial charge in [-0.2, -0.15) is 0 Å². The number of ether oxygens (including phenoxy) is 1. The largest absolute Gasteiger partial charge is 0.459 e. The van der Waals surface area contributed by atoms with Gasteiger partial charge in [0.05, 0.1) is 5.92 Å². The number of carbonyl (C=O) groups is 1. The van der Waals surface area contributed by atoms with E-state index >= 15 is 0 Å². The van der Waals surface area contributed by atoms with Crippen molar-refractivity contribution in [1.82, 2.24) is 0 Å². The number of fused-ring (bicyclic) bond motifs is 3. The smallest absolute Gasteiger partial charge is 0.309 e. The SMILES string of the molecule is C=C1CC[C@H]2[C@H](C)C(=O)O[C@@H]2[C@@]2(O)[C@H](C)CC[C@H]12. The first kappa shape index (κ1) is 12.2. The lowest BCUT2D eigenvalue weighted by Gasteiger charge is -2.39. The second-order valence-corrected chi connectivity index (χ2v) is 6.43. The number of esters is 1. The van der Waals surface area contributed by atoms with Crippen LogP contribution < -0.4 is 0 Å². The number of aliphatic hydroxyl groups is 1. The van der Waals surface area contributed by atoms with Crippen molar-refractivity contribution in [2.75, 3.05) is 0 Å². The minimum atomic E-state index is -0.876. The highest BCUT2D eigenvalue weighted by atomic mass is 16.6. The molecule has 1 aliphatic heterocycles. The average Bonchev–Trinajstić information content (AvgIpc) is 2.75. The van der Waals surface area contributed by atoms with Crippen LogP contribution in [-0.2, 0) is 9.53 Å². The molecule has 3 heteroatoms. The molecular weight excluding hydrogens is 228 g/mol. The second kappa shape index (κ2) is 3.83. The van der Waals surface area contributed by atoms with Crippen LogP contribution in [0.2, 0.25) is 0 Å². The molecule has 3 fully saturated rings. The Morgan fingerprint density at radius 3 is 2.78 bits per heavy atom. The lowest BCUT2D eigenvalue weighted by atomic mass is 9.74. The summed E-state index contributed by atoms with van der Waals surface area (Å²) >= 11 is 0. The Bertz CT molecular complexity index is 403. The molecule has 0 aromatic heterocycles. The predicted molar refractivity (Wildman–Crippen MR) is 67.7 cm³/mol. The molecule has 0 bridgehead atoms. The fourth-order valence-electron chi connectivity index (χ4n) is 4.35. The van der Waals surface area contributed by atoms with Crippen molar-refractivity contribution in [3.05, 3.63) is 12.2 Å². The molecule has 0 aromatic rings. The van der Waals surface area contributed by atoms with Crippen LogP contribution in [0.25, 0.3) is 0 Å². The summed E-state index contributed by atoms with van der Waals surface area (Å²) in [4.78, 5) is 11.8. The fourth-order valence-corrected chi connectivity index (χ4v) is 4.35. The van der Waals surface area contributed by atoms with Crippen molar-refractivity contribution < 1.29 is 14.6 Å². The molecule has 3 aliphatic rings. The molecule has 100 valence electrons. The van der Waals surface area contributed by atoms with E-state index in [0.717, 1.165) is 31.3 Å². The highest BCUT2D eigenvalue weighted by Gasteiger charge is 2.61. The van der Waals surface area contributed by atoms with Gasteiger partial charge in [0.2, 0.25) is 0 Å². The van der Waals surface area contributed by atoms with Crippen molar-refractivity contribution >= 4 is 5.97 Å². The number of hydrogen-bond donors (Lipinski definition) is 1. The normalized spacial score (nSPS) is 51.6. The Morgan fingerprint density at radius 2 is 2.06 bits per heavy atom. The lowest BCUT2D eigenvalue weighted by molar-refractivity contribution is -0.164. The van der Waals surface area contributed by atoms with E-state index in [2.05, 4.69) is 13.5 Å². The molecule has 3 nitrogen and oxygen atoms in total. The lowest BCUT2D eigenvalue weighted by Crippen LogP contribution is -2.51. The van der Waals surface area contributed by atoms with Crippen molar-refractivity contribution in [3.63, 3.8) is 0 Å². The molecule has 0 spiro atoms. The number of rotatable bonds is 0. The summed E-state index contributed by atoms with van der Waals surface area (Å²) in [5, 5.41) is 11.2. The van der Waals surface area contributed by atoms with Crippen LogP contribution in [0.5, 0.6) is 0 Å². The van der Waals surface area contributed by atoms with Gasteiger partial charge >= 0.3 is 5.97 Å². The average molecular weight is 250 g/mol. The van der Waals surface area contributed by atoms with Crippen LogP contribution in [-0.4, -0.2) is 22.8 Å². The first-order chi connectivity index (χ1) is 8.46. The van der Waals surface area contributed by atoms with Crippen LogP contribution in [0.4, 0.5) is 0 Å². The maximum atomic E-state index is 11.8. The van der Waals surface area contributed by atoms with E-state index in [9.17, 15) is 9.90 Å². The highest BCUT2D eigenvalue weighted by molar-refractivity contribution is 5.75. The molecule has 0 amide bonds. The number of hydrogen-bond acceptors (Lipinski definition) is 3. The van der Waals surface area contributed by atoms with E-state index in [1.807, 2.05) is 6.92 Å². The Labute approximate surface area is 108 Å². The fraction of sp³-hybridized carbons (Fsp3) is 0.800. The highest BCUT2D eigenvalue weighted by Crippen LogP contribution is 2.55. The monoisotopic (exact) mass is 250 g/mol. The summed E-state index contributed by atoms with van der Waals surface area (Å²) in [6.45, 7) is 8.17. The second-order valence-electron chi connectivity index (χ2n) is 6.43. The minimum absolute atomic E-state index is 0.0848. The van der Waals surface area contributed by atoms with Gasteiger partial charge < -0.3 is 9.84 Å². The van der Waals surface area contributed by atoms with Crippen LogP contribution in [0, 0.1) is 23.7 Å². The van der Waals surface area contributed by atoms with E-state index in [4.69, 9.17) is 4.74 Å². The predicted octanol–water partition coefficient (Wildman–Crippen LogP) is 2.29. The maximum absolute atomic E-state index is 11.8.